The smallest absolute Gasteiger partial charge is 0.420 e. The summed E-state index contributed by atoms with van der Waals surface area (Å²) in [6.07, 6.45) is -0.513. The number of methoxy groups -OCH3 is 1. The summed E-state index contributed by atoms with van der Waals surface area (Å²) in [6.45, 7) is 0. The van der Waals surface area contributed by atoms with E-state index in [1.54, 1.807) is 31.3 Å². The molecule has 0 aliphatic carbocycles. The number of carbonyl (C=O) groups is 1. The quantitative estimate of drug-likeness (QED) is 0.737. The van der Waals surface area contributed by atoms with Crippen LogP contribution in [0.5, 0.6) is 11.6 Å². The van der Waals surface area contributed by atoms with Crippen LogP contribution in [0.2, 0.25) is 0 Å². The van der Waals surface area contributed by atoms with Crippen molar-refractivity contribution in [3.05, 3.63) is 60.7 Å². The number of hydrogen-bond acceptors (Lipinski definition) is 4. The Kier molecular flexibility index (Phi) is 4.10. The fraction of sp³-hybridized carbons (Fsp3) is 0.111. The van der Waals surface area contributed by atoms with Crippen molar-refractivity contribution in [2.45, 2.75) is 0 Å². The molecule has 0 unspecified atom stereocenters. The highest BCUT2D eigenvalue weighted by atomic mass is 16.6. The maximum atomic E-state index is 12.3. The van der Waals surface area contributed by atoms with Gasteiger partial charge in [0.05, 0.1) is 7.11 Å². The van der Waals surface area contributed by atoms with E-state index in [-0.39, 0.29) is 0 Å². The van der Waals surface area contributed by atoms with E-state index < -0.39 is 6.09 Å². The molecular weight excluding hydrogens is 292 g/mol. The van der Waals surface area contributed by atoms with Crippen LogP contribution >= 0.6 is 0 Å². The van der Waals surface area contributed by atoms with Crippen molar-refractivity contribution in [1.29, 1.82) is 0 Å². The molecule has 0 aliphatic heterocycles. The Morgan fingerprint density at radius 2 is 1.78 bits per heavy atom. The summed E-state index contributed by atoms with van der Waals surface area (Å²) >= 11 is 0. The van der Waals surface area contributed by atoms with Crippen LogP contribution in [0.1, 0.15) is 0 Å². The van der Waals surface area contributed by atoms with E-state index in [4.69, 9.17) is 9.47 Å². The summed E-state index contributed by atoms with van der Waals surface area (Å²) in [6, 6.07) is 18.6. The minimum Gasteiger partial charge on any atom is -0.481 e. The maximum absolute atomic E-state index is 12.3. The first kappa shape index (κ1) is 14.8. The summed E-state index contributed by atoms with van der Waals surface area (Å²) in [5.41, 5.74) is 0. The van der Waals surface area contributed by atoms with Gasteiger partial charge in [-0.25, -0.2) is 4.79 Å². The van der Waals surface area contributed by atoms with Gasteiger partial charge in [0.15, 0.2) is 0 Å². The highest BCUT2D eigenvalue weighted by Crippen LogP contribution is 2.22. The number of anilines is 1. The molecule has 0 saturated heterocycles. The lowest BCUT2D eigenvalue weighted by Crippen LogP contribution is -2.30. The number of carbonyl (C=O) groups excluding carboxylic acids is 1. The van der Waals surface area contributed by atoms with Crippen molar-refractivity contribution in [3.8, 4) is 11.6 Å². The van der Waals surface area contributed by atoms with Gasteiger partial charge in [0, 0.05) is 13.1 Å². The van der Waals surface area contributed by atoms with E-state index >= 15 is 0 Å². The highest BCUT2D eigenvalue weighted by Gasteiger charge is 2.15. The van der Waals surface area contributed by atoms with Gasteiger partial charge in [-0.3, -0.25) is 4.90 Å². The SMILES string of the molecule is COc1cccc(N(C)C(=O)Oc2ccc3ccccc3c2)n1. The Morgan fingerprint density at radius 3 is 2.57 bits per heavy atom. The second-order valence-electron chi connectivity index (χ2n) is 4.97. The molecule has 1 amide bonds. The predicted octanol–water partition coefficient (Wildman–Crippen LogP) is 3.88. The van der Waals surface area contributed by atoms with Crippen molar-refractivity contribution in [2.24, 2.45) is 0 Å². The molecule has 3 rings (SSSR count). The number of hydrogen-bond donors (Lipinski definition) is 0. The second kappa shape index (κ2) is 6.36. The van der Waals surface area contributed by atoms with Crippen molar-refractivity contribution < 1.29 is 14.3 Å². The van der Waals surface area contributed by atoms with Gasteiger partial charge < -0.3 is 9.47 Å². The van der Waals surface area contributed by atoms with Crippen LogP contribution in [-0.4, -0.2) is 25.2 Å². The van der Waals surface area contributed by atoms with Crippen LogP contribution in [0.15, 0.2) is 60.7 Å². The Hall–Kier alpha value is -3.08. The molecule has 0 spiro atoms. The number of benzene rings is 2. The fourth-order valence-corrected chi connectivity index (χ4v) is 2.20. The van der Waals surface area contributed by atoms with Gasteiger partial charge in [-0.1, -0.05) is 36.4 Å². The number of aromatic nitrogens is 1. The largest absolute Gasteiger partial charge is 0.481 e. The number of nitrogens with zero attached hydrogens (tertiary/aromatic N) is 2. The highest BCUT2D eigenvalue weighted by molar-refractivity contribution is 5.89. The van der Waals surface area contributed by atoms with Gasteiger partial charge in [-0.05, 0) is 29.0 Å². The number of rotatable bonds is 3. The van der Waals surface area contributed by atoms with Crippen LogP contribution < -0.4 is 14.4 Å². The van der Waals surface area contributed by atoms with E-state index in [1.165, 1.54) is 12.0 Å². The van der Waals surface area contributed by atoms with Gasteiger partial charge in [-0.2, -0.15) is 4.98 Å². The lowest BCUT2D eigenvalue weighted by atomic mass is 10.1. The third-order valence-corrected chi connectivity index (χ3v) is 3.46. The summed E-state index contributed by atoms with van der Waals surface area (Å²) in [7, 11) is 3.13. The average molecular weight is 308 g/mol. The number of fused-ring (bicyclic) bond motifs is 1. The third kappa shape index (κ3) is 3.23. The molecule has 0 aliphatic rings. The summed E-state index contributed by atoms with van der Waals surface area (Å²) in [5, 5.41) is 2.11. The van der Waals surface area contributed by atoms with Crippen molar-refractivity contribution in [3.63, 3.8) is 0 Å². The maximum Gasteiger partial charge on any atom is 0.420 e. The normalized spacial score (nSPS) is 10.3. The average Bonchev–Trinajstić information content (AvgIpc) is 2.61. The molecule has 1 aromatic heterocycles. The zero-order chi connectivity index (χ0) is 16.2. The molecule has 0 saturated carbocycles. The number of amides is 1. The Labute approximate surface area is 134 Å². The molecule has 0 radical (unpaired) electrons. The summed E-state index contributed by atoms with van der Waals surface area (Å²) in [5.74, 6) is 1.38. The van der Waals surface area contributed by atoms with E-state index in [2.05, 4.69) is 4.98 Å². The van der Waals surface area contributed by atoms with E-state index in [0.717, 1.165) is 10.8 Å². The van der Waals surface area contributed by atoms with Crippen LogP contribution in [0.4, 0.5) is 10.6 Å². The minimum absolute atomic E-state index is 0.438. The van der Waals surface area contributed by atoms with Crippen molar-refractivity contribution in [2.75, 3.05) is 19.1 Å². The molecule has 23 heavy (non-hydrogen) atoms. The molecule has 5 heteroatoms. The van der Waals surface area contributed by atoms with Gasteiger partial charge >= 0.3 is 6.09 Å². The standard InChI is InChI=1S/C18H16N2O3/c1-20(16-8-5-9-17(19-16)22-2)18(21)23-15-11-10-13-6-3-4-7-14(13)12-15/h3-12H,1-2H3. The van der Waals surface area contributed by atoms with E-state index in [0.29, 0.717) is 17.4 Å². The fourth-order valence-electron chi connectivity index (χ4n) is 2.20. The van der Waals surface area contributed by atoms with Gasteiger partial charge in [0.2, 0.25) is 5.88 Å². The number of ether oxygens (including phenoxy) is 2. The predicted molar refractivity (Wildman–Crippen MR) is 89.2 cm³/mol. The van der Waals surface area contributed by atoms with E-state index in [1.807, 2.05) is 36.4 Å². The second-order valence-corrected chi connectivity index (χ2v) is 4.97. The third-order valence-electron chi connectivity index (χ3n) is 3.46. The lowest BCUT2D eigenvalue weighted by molar-refractivity contribution is 0.209. The lowest BCUT2D eigenvalue weighted by Gasteiger charge is -2.16. The molecular formula is C18H16N2O3. The Morgan fingerprint density at radius 1 is 1.00 bits per heavy atom. The van der Waals surface area contributed by atoms with Crippen molar-refractivity contribution in [1.82, 2.24) is 4.98 Å². The van der Waals surface area contributed by atoms with Crippen LogP contribution in [0, 0.1) is 0 Å². The van der Waals surface area contributed by atoms with Gasteiger partial charge in [-0.15, -0.1) is 0 Å². The van der Waals surface area contributed by atoms with Gasteiger partial charge in [0.1, 0.15) is 11.6 Å². The zero-order valence-electron chi connectivity index (χ0n) is 12.9. The monoisotopic (exact) mass is 308 g/mol. The molecule has 1 heterocycles. The molecule has 0 atom stereocenters. The Balaban J connectivity index is 1.79. The zero-order valence-corrected chi connectivity index (χ0v) is 12.9. The Bertz CT molecular complexity index is 848. The van der Waals surface area contributed by atoms with Crippen LogP contribution in [-0.2, 0) is 0 Å². The molecule has 3 aromatic rings. The van der Waals surface area contributed by atoms with Gasteiger partial charge in [0.25, 0.3) is 0 Å². The minimum atomic E-state index is -0.513. The summed E-state index contributed by atoms with van der Waals surface area (Å²) in [4.78, 5) is 17.8. The van der Waals surface area contributed by atoms with Crippen LogP contribution in [0.25, 0.3) is 10.8 Å². The summed E-state index contributed by atoms with van der Waals surface area (Å²) < 4.78 is 10.5. The molecule has 0 bridgehead atoms. The first-order chi connectivity index (χ1) is 11.2. The molecule has 0 N–H and O–H groups in total. The van der Waals surface area contributed by atoms with Crippen molar-refractivity contribution >= 4 is 22.7 Å². The molecule has 5 nitrogen and oxygen atoms in total. The molecule has 116 valence electrons. The molecule has 0 fully saturated rings. The van der Waals surface area contributed by atoms with E-state index in [9.17, 15) is 4.79 Å². The topological polar surface area (TPSA) is 51.7 Å². The first-order valence-electron chi connectivity index (χ1n) is 7.13. The number of pyridine rings is 1. The first-order valence-corrected chi connectivity index (χ1v) is 7.13. The van der Waals surface area contributed by atoms with Crippen LogP contribution in [0.3, 0.4) is 0 Å². The molecule has 2 aromatic carbocycles.